The van der Waals surface area contributed by atoms with Crippen LogP contribution in [0.15, 0.2) is 59.5 Å². The van der Waals surface area contributed by atoms with E-state index in [1.165, 1.54) is 9.21 Å². The SMILES string of the molecule is COc1cccc(N(C)C(=O)CN(C2CCCCC2)S(=O)(=O)c2ccccc2)c1. The molecule has 29 heavy (non-hydrogen) atoms. The van der Waals surface area contributed by atoms with Crippen LogP contribution in [-0.4, -0.2) is 45.4 Å². The van der Waals surface area contributed by atoms with Crippen molar-refractivity contribution in [2.45, 2.75) is 43.0 Å². The van der Waals surface area contributed by atoms with E-state index in [2.05, 4.69) is 0 Å². The number of hydrogen-bond donors (Lipinski definition) is 0. The zero-order valence-electron chi connectivity index (χ0n) is 17.0. The predicted octanol–water partition coefficient (Wildman–Crippen LogP) is 3.68. The number of rotatable bonds is 7. The monoisotopic (exact) mass is 416 g/mol. The maximum Gasteiger partial charge on any atom is 0.243 e. The van der Waals surface area contributed by atoms with Crippen molar-refractivity contribution in [2.75, 3.05) is 25.6 Å². The number of benzene rings is 2. The van der Waals surface area contributed by atoms with E-state index in [1.807, 2.05) is 0 Å². The summed E-state index contributed by atoms with van der Waals surface area (Å²) in [4.78, 5) is 14.8. The highest BCUT2D eigenvalue weighted by molar-refractivity contribution is 7.89. The van der Waals surface area contributed by atoms with Gasteiger partial charge >= 0.3 is 0 Å². The number of nitrogens with zero attached hydrogens (tertiary/aromatic N) is 2. The molecular weight excluding hydrogens is 388 g/mol. The van der Waals surface area contributed by atoms with E-state index >= 15 is 0 Å². The van der Waals surface area contributed by atoms with E-state index in [0.29, 0.717) is 11.4 Å². The van der Waals surface area contributed by atoms with Crippen molar-refractivity contribution in [3.8, 4) is 5.75 Å². The molecule has 3 rings (SSSR count). The summed E-state index contributed by atoms with van der Waals surface area (Å²) in [5.41, 5.74) is 0.662. The first-order valence-corrected chi connectivity index (χ1v) is 11.3. The van der Waals surface area contributed by atoms with Crippen molar-refractivity contribution in [1.82, 2.24) is 4.31 Å². The molecule has 0 aromatic heterocycles. The molecule has 0 unspecified atom stereocenters. The molecule has 2 aromatic carbocycles. The van der Waals surface area contributed by atoms with Gasteiger partial charge in [-0.2, -0.15) is 4.31 Å². The van der Waals surface area contributed by atoms with E-state index < -0.39 is 10.0 Å². The van der Waals surface area contributed by atoms with Crippen LogP contribution < -0.4 is 9.64 Å². The molecule has 7 heteroatoms. The first kappa shape index (κ1) is 21.3. The van der Waals surface area contributed by atoms with Gasteiger partial charge in [0.15, 0.2) is 0 Å². The van der Waals surface area contributed by atoms with E-state index in [1.54, 1.807) is 68.8 Å². The fourth-order valence-corrected chi connectivity index (χ4v) is 5.37. The summed E-state index contributed by atoms with van der Waals surface area (Å²) in [6.45, 7) is -0.185. The average Bonchev–Trinajstić information content (AvgIpc) is 2.77. The molecule has 6 nitrogen and oxygen atoms in total. The molecule has 156 valence electrons. The lowest BCUT2D eigenvalue weighted by molar-refractivity contribution is -0.119. The molecule has 1 aliphatic rings. The average molecular weight is 417 g/mol. The summed E-state index contributed by atoms with van der Waals surface area (Å²) < 4.78 is 33.4. The van der Waals surface area contributed by atoms with Crippen LogP contribution in [-0.2, 0) is 14.8 Å². The second kappa shape index (κ2) is 9.41. The Balaban J connectivity index is 1.87. The Morgan fingerprint density at radius 1 is 1.03 bits per heavy atom. The molecule has 1 saturated carbocycles. The zero-order chi connectivity index (χ0) is 20.9. The molecule has 0 atom stereocenters. The zero-order valence-corrected chi connectivity index (χ0v) is 17.8. The lowest BCUT2D eigenvalue weighted by Gasteiger charge is -2.34. The number of amides is 1. The van der Waals surface area contributed by atoms with Gasteiger partial charge in [-0.1, -0.05) is 43.5 Å². The lowest BCUT2D eigenvalue weighted by Crippen LogP contribution is -2.47. The summed E-state index contributed by atoms with van der Waals surface area (Å²) in [6, 6.07) is 15.4. The van der Waals surface area contributed by atoms with Crippen LogP contribution in [0.1, 0.15) is 32.1 Å². The summed E-state index contributed by atoms with van der Waals surface area (Å²) in [6.07, 6.45) is 4.62. The van der Waals surface area contributed by atoms with E-state index in [4.69, 9.17) is 4.74 Å². The summed E-state index contributed by atoms with van der Waals surface area (Å²) in [7, 11) is -0.537. The summed E-state index contributed by atoms with van der Waals surface area (Å²) in [5, 5.41) is 0. The van der Waals surface area contributed by atoms with E-state index in [0.717, 1.165) is 32.1 Å². The van der Waals surface area contributed by atoms with Crippen LogP contribution in [0.3, 0.4) is 0 Å². The fourth-order valence-electron chi connectivity index (χ4n) is 3.71. The van der Waals surface area contributed by atoms with Crippen molar-refractivity contribution in [3.63, 3.8) is 0 Å². The summed E-state index contributed by atoms with van der Waals surface area (Å²) >= 11 is 0. The van der Waals surface area contributed by atoms with Gasteiger partial charge in [0.1, 0.15) is 5.75 Å². The number of hydrogen-bond acceptors (Lipinski definition) is 4. The van der Waals surface area contributed by atoms with Crippen LogP contribution in [0.2, 0.25) is 0 Å². The minimum Gasteiger partial charge on any atom is -0.497 e. The Morgan fingerprint density at radius 2 is 1.72 bits per heavy atom. The minimum absolute atomic E-state index is 0.156. The first-order valence-electron chi connectivity index (χ1n) is 9.91. The highest BCUT2D eigenvalue weighted by Gasteiger charge is 2.34. The fraction of sp³-hybridized carbons (Fsp3) is 0.409. The van der Waals surface area contributed by atoms with Crippen LogP contribution in [0.5, 0.6) is 5.75 Å². The molecule has 0 saturated heterocycles. The van der Waals surface area contributed by atoms with Crippen LogP contribution >= 0.6 is 0 Å². The van der Waals surface area contributed by atoms with Gasteiger partial charge in [-0.25, -0.2) is 8.42 Å². The Hall–Kier alpha value is -2.38. The quantitative estimate of drug-likeness (QED) is 0.691. The molecule has 0 heterocycles. The van der Waals surface area contributed by atoms with Crippen molar-refractivity contribution in [3.05, 3.63) is 54.6 Å². The standard InChI is InChI=1S/C22H28N2O4S/c1-23(19-12-9-13-20(16-19)28-2)22(25)17-24(18-10-5-3-6-11-18)29(26,27)21-14-7-4-8-15-21/h4,7-9,12-16,18H,3,5-6,10-11,17H2,1-2H3. The molecular formula is C22H28N2O4S. The highest BCUT2D eigenvalue weighted by atomic mass is 32.2. The number of carbonyl (C=O) groups is 1. The number of carbonyl (C=O) groups excluding carboxylic acids is 1. The van der Waals surface area contributed by atoms with Gasteiger partial charge < -0.3 is 9.64 Å². The molecule has 0 radical (unpaired) electrons. The Kier molecular flexibility index (Phi) is 6.92. The molecule has 0 N–H and O–H groups in total. The predicted molar refractivity (Wildman–Crippen MR) is 114 cm³/mol. The maximum absolute atomic E-state index is 13.4. The molecule has 0 spiro atoms. The Labute approximate surface area is 173 Å². The molecule has 1 aliphatic carbocycles. The molecule has 1 amide bonds. The molecule has 1 fully saturated rings. The van der Waals surface area contributed by atoms with Gasteiger partial charge in [0, 0.05) is 24.8 Å². The first-order chi connectivity index (χ1) is 13.9. The molecule has 0 aliphatic heterocycles. The largest absolute Gasteiger partial charge is 0.497 e. The number of sulfonamides is 1. The third-order valence-corrected chi connectivity index (χ3v) is 7.35. The van der Waals surface area contributed by atoms with Crippen molar-refractivity contribution >= 4 is 21.6 Å². The Morgan fingerprint density at radius 3 is 2.38 bits per heavy atom. The van der Waals surface area contributed by atoms with Gasteiger partial charge in [-0.15, -0.1) is 0 Å². The van der Waals surface area contributed by atoms with Gasteiger partial charge in [-0.05, 0) is 37.1 Å². The van der Waals surface area contributed by atoms with Gasteiger partial charge in [0.25, 0.3) is 0 Å². The maximum atomic E-state index is 13.4. The van der Waals surface area contributed by atoms with Crippen LogP contribution in [0, 0.1) is 0 Å². The van der Waals surface area contributed by atoms with Crippen LogP contribution in [0.4, 0.5) is 5.69 Å². The second-order valence-electron chi connectivity index (χ2n) is 7.31. The second-order valence-corrected chi connectivity index (χ2v) is 9.20. The molecule has 0 bridgehead atoms. The van der Waals surface area contributed by atoms with Crippen molar-refractivity contribution in [1.29, 1.82) is 0 Å². The normalized spacial score (nSPS) is 15.3. The molecule has 2 aromatic rings. The van der Waals surface area contributed by atoms with Crippen LogP contribution in [0.25, 0.3) is 0 Å². The lowest BCUT2D eigenvalue weighted by atomic mass is 9.95. The smallest absolute Gasteiger partial charge is 0.243 e. The highest BCUT2D eigenvalue weighted by Crippen LogP contribution is 2.28. The van der Waals surface area contributed by atoms with Gasteiger partial charge in [0.05, 0.1) is 18.6 Å². The third-order valence-electron chi connectivity index (χ3n) is 5.44. The van der Waals surface area contributed by atoms with E-state index in [9.17, 15) is 13.2 Å². The Bertz CT molecular complexity index is 925. The topological polar surface area (TPSA) is 66.9 Å². The minimum atomic E-state index is -3.76. The van der Waals surface area contributed by atoms with Gasteiger partial charge in [0.2, 0.25) is 15.9 Å². The number of ether oxygens (including phenoxy) is 1. The van der Waals surface area contributed by atoms with Crippen molar-refractivity contribution in [2.24, 2.45) is 0 Å². The summed E-state index contributed by atoms with van der Waals surface area (Å²) in [5.74, 6) is 0.367. The third kappa shape index (κ3) is 4.97. The van der Waals surface area contributed by atoms with Crippen molar-refractivity contribution < 1.29 is 17.9 Å². The van der Waals surface area contributed by atoms with Gasteiger partial charge in [-0.3, -0.25) is 4.79 Å². The number of anilines is 1. The number of methoxy groups -OCH3 is 1. The van der Waals surface area contributed by atoms with E-state index in [-0.39, 0.29) is 23.4 Å². The number of likely N-dealkylation sites (N-methyl/N-ethyl adjacent to an activating group) is 1.